The van der Waals surface area contributed by atoms with E-state index >= 15 is 0 Å². The highest BCUT2D eigenvalue weighted by Gasteiger charge is 2.38. The van der Waals surface area contributed by atoms with Crippen molar-refractivity contribution in [1.29, 1.82) is 0 Å². The maximum absolute atomic E-state index is 13.0. The third-order valence-corrected chi connectivity index (χ3v) is 4.74. The lowest BCUT2D eigenvalue weighted by atomic mass is 9.98. The Morgan fingerprint density at radius 3 is 2.96 bits per heavy atom. The number of hydrogen-bond acceptors (Lipinski definition) is 4. The SMILES string of the molecule is CCn1ccnc1CN(C)C(=O)[C@H]1OCC(=O)N[C@@H]1c1ccccc1Cl. The number of hydrogen-bond donors (Lipinski definition) is 1. The number of nitrogens with zero attached hydrogens (tertiary/aromatic N) is 3. The third-order valence-electron chi connectivity index (χ3n) is 4.39. The molecule has 1 aliphatic rings. The molecule has 3 rings (SSSR count). The fourth-order valence-corrected chi connectivity index (χ4v) is 3.27. The minimum absolute atomic E-state index is 0.158. The number of carbonyl (C=O) groups excluding carboxylic acids is 2. The number of ether oxygens (including phenoxy) is 1. The number of morpholine rings is 1. The van der Waals surface area contributed by atoms with E-state index in [1.807, 2.05) is 23.8 Å². The number of aromatic nitrogens is 2. The summed E-state index contributed by atoms with van der Waals surface area (Å²) >= 11 is 6.26. The van der Waals surface area contributed by atoms with Crippen LogP contribution < -0.4 is 5.32 Å². The molecule has 0 unspecified atom stereocenters. The predicted octanol–water partition coefficient (Wildman–Crippen LogP) is 1.77. The number of nitrogens with one attached hydrogen (secondary N) is 1. The van der Waals surface area contributed by atoms with Gasteiger partial charge in [-0.05, 0) is 18.6 Å². The van der Waals surface area contributed by atoms with E-state index in [1.54, 1.807) is 36.3 Å². The zero-order valence-corrected chi connectivity index (χ0v) is 15.4. The Morgan fingerprint density at radius 1 is 1.46 bits per heavy atom. The van der Waals surface area contributed by atoms with Crippen molar-refractivity contribution in [3.63, 3.8) is 0 Å². The van der Waals surface area contributed by atoms with Crippen LogP contribution in [0.3, 0.4) is 0 Å². The molecule has 2 heterocycles. The second kappa shape index (κ2) is 7.88. The molecule has 2 aromatic rings. The minimum Gasteiger partial charge on any atom is -0.356 e. The van der Waals surface area contributed by atoms with E-state index in [1.165, 1.54) is 0 Å². The van der Waals surface area contributed by atoms with Gasteiger partial charge in [0.1, 0.15) is 12.4 Å². The maximum Gasteiger partial charge on any atom is 0.254 e. The number of amides is 2. The average Bonchev–Trinajstić information content (AvgIpc) is 3.08. The van der Waals surface area contributed by atoms with Gasteiger partial charge in [-0.1, -0.05) is 29.8 Å². The largest absolute Gasteiger partial charge is 0.356 e. The standard InChI is InChI=1S/C18H21ClN4O3/c1-3-23-9-8-20-14(23)10-22(2)18(25)17-16(21-15(24)11-26-17)12-6-4-5-7-13(12)19/h4-9,16-17H,3,10-11H2,1-2H3,(H,21,24)/t16-,17+/m1/s1. The van der Waals surface area contributed by atoms with E-state index in [4.69, 9.17) is 16.3 Å². The number of halogens is 1. The van der Waals surface area contributed by atoms with Crippen molar-refractivity contribution in [1.82, 2.24) is 19.8 Å². The van der Waals surface area contributed by atoms with Crippen LogP contribution in [0, 0.1) is 0 Å². The van der Waals surface area contributed by atoms with E-state index in [9.17, 15) is 9.59 Å². The summed E-state index contributed by atoms with van der Waals surface area (Å²) in [5.41, 5.74) is 0.657. The second-order valence-electron chi connectivity index (χ2n) is 6.12. The van der Waals surface area contributed by atoms with Crippen LogP contribution in [0.1, 0.15) is 24.4 Å². The first-order chi connectivity index (χ1) is 12.5. The van der Waals surface area contributed by atoms with Gasteiger partial charge in [-0.3, -0.25) is 9.59 Å². The highest BCUT2D eigenvalue weighted by atomic mass is 35.5. The summed E-state index contributed by atoms with van der Waals surface area (Å²) in [7, 11) is 1.69. The summed E-state index contributed by atoms with van der Waals surface area (Å²) in [6.07, 6.45) is 2.74. The molecule has 138 valence electrons. The molecule has 1 aliphatic heterocycles. The van der Waals surface area contributed by atoms with Gasteiger partial charge in [0.05, 0.1) is 12.6 Å². The molecule has 26 heavy (non-hydrogen) atoms. The van der Waals surface area contributed by atoms with Gasteiger partial charge < -0.3 is 19.5 Å². The van der Waals surface area contributed by atoms with E-state index in [0.717, 1.165) is 12.4 Å². The van der Waals surface area contributed by atoms with Crippen molar-refractivity contribution in [2.45, 2.75) is 32.2 Å². The van der Waals surface area contributed by atoms with E-state index < -0.39 is 12.1 Å². The first-order valence-electron chi connectivity index (χ1n) is 8.41. The summed E-state index contributed by atoms with van der Waals surface area (Å²) in [6.45, 7) is 2.98. The topological polar surface area (TPSA) is 76.5 Å². The quantitative estimate of drug-likeness (QED) is 0.862. The zero-order valence-electron chi connectivity index (χ0n) is 14.7. The number of rotatable bonds is 5. The Morgan fingerprint density at radius 2 is 2.23 bits per heavy atom. The zero-order chi connectivity index (χ0) is 18.7. The van der Waals surface area contributed by atoms with Crippen LogP contribution in [0.25, 0.3) is 0 Å². The number of likely N-dealkylation sites (N-methyl/N-ethyl adjacent to an activating group) is 1. The number of imidazole rings is 1. The Hall–Kier alpha value is -2.38. The average molecular weight is 377 g/mol. The Balaban J connectivity index is 1.81. The second-order valence-corrected chi connectivity index (χ2v) is 6.53. The Labute approximate surface area is 156 Å². The van der Waals surface area contributed by atoms with Crippen LogP contribution >= 0.6 is 11.6 Å². The van der Waals surface area contributed by atoms with E-state index in [2.05, 4.69) is 10.3 Å². The predicted molar refractivity (Wildman–Crippen MR) is 96.5 cm³/mol. The summed E-state index contributed by atoms with van der Waals surface area (Å²) in [5, 5.41) is 3.30. The number of benzene rings is 1. The molecule has 1 aromatic carbocycles. The van der Waals surface area contributed by atoms with Gasteiger partial charge in [0.15, 0.2) is 6.10 Å². The molecule has 0 bridgehead atoms. The molecule has 0 saturated carbocycles. The summed E-state index contributed by atoms with van der Waals surface area (Å²) in [4.78, 5) is 30.7. The van der Waals surface area contributed by atoms with Crippen molar-refractivity contribution in [3.8, 4) is 0 Å². The summed E-state index contributed by atoms with van der Waals surface area (Å²) in [6, 6.07) is 6.48. The van der Waals surface area contributed by atoms with Gasteiger partial charge in [-0.25, -0.2) is 4.98 Å². The van der Waals surface area contributed by atoms with Crippen LogP contribution in [-0.2, 0) is 27.4 Å². The van der Waals surface area contributed by atoms with Crippen molar-refractivity contribution in [2.75, 3.05) is 13.7 Å². The van der Waals surface area contributed by atoms with Gasteiger partial charge in [-0.2, -0.15) is 0 Å². The molecule has 0 aliphatic carbocycles. The number of aryl methyl sites for hydroxylation is 1. The van der Waals surface area contributed by atoms with Crippen LogP contribution in [0.4, 0.5) is 0 Å². The normalized spacial score (nSPS) is 19.9. The third kappa shape index (κ3) is 3.73. The Kier molecular flexibility index (Phi) is 5.58. The van der Waals surface area contributed by atoms with Crippen LogP contribution in [0.2, 0.25) is 5.02 Å². The van der Waals surface area contributed by atoms with Gasteiger partial charge in [-0.15, -0.1) is 0 Å². The highest BCUT2D eigenvalue weighted by molar-refractivity contribution is 6.31. The highest BCUT2D eigenvalue weighted by Crippen LogP contribution is 2.29. The fourth-order valence-electron chi connectivity index (χ4n) is 3.02. The molecule has 2 atom stereocenters. The molecule has 2 amide bonds. The summed E-state index contributed by atoms with van der Waals surface area (Å²) in [5.74, 6) is 0.279. The maximum atomic E-state index is 13.0. The van der Waals surface area contributed by atoms with Crippen LogP contribution in [-0.4, -0.2) is 46.0 Å². The summed E-state index contributed by atoms with van der Waals surface area (Å²) < 4.78 is 7.55. The molecule has 1 aromatic heterocycles. The lowest BCUT2D eigenvalue weighted by Gasteiger charge is -2.34. The van der Waals surface area contributed by atoms with Crippen LogP contribution in [0.15, 0.2) is 36.7 Å². The molecule has 1 N–H and O–H groups in total. The van der Waals surface area contributed by atoms with Crippen molar-refractivity contribution >= 4 is 23.4 Å². The molecular weight excluding hydrogens is 356 g/mol. The molecular formula is C18H21ClN4O3. The van der Waals surface area contributed by atoms with Gasteiger partial charge in [0, 0.05) is 31.0 Å². The molecule has 7 nitrogen and oxygen atoms in total. The lowest BCUT2D eigenvalue weighted by molar-refractivity contribution is -0.154. The fraction of sp³-hybridized carbons (Fsp3) is 0.389. The number of carbonyl (C=O) groups is 2. The van der Waals surface area contributed by atoms with Crippen molar-refractivity contribution in [3.05, 3.63) is 53.1 Å². The van der Waals surface area contributed by atoms with E-state index in [-0.39, 0.29) is 18.4 Å². The van der Waals surface area contributed by atoms with Gasteiger partial charge in [0.2, 0.25) is 5.91 Å². The Bertz CT molecular complexity index is 807. The lowest BCUT2D eigenvalue weighted by Crippen LogP contribution is -2.52. The van der Waals surface area contributed by atoms with Gasteiger partial charge >= 0.3 is 0 Å². The first-order valence-corrected chi connectivity index (χ1v) is 8.79. The first kappa shape index (κ1) is 18.4. The van der Waals surface area contributed by atoms with Crippen LogP contribution in [0.5, 0.6) is 0 Å². The smallest absolute Gasteiger partial charge is 0.254 e. The molecule has 0 spiro atoms. The molecule has 0 radical (unpaired) electrons. The van der Waals surface area contributed by atoms with E-state index in [0.29, 0.717) is 17.1 Å². The van der Waals surface area contributed by atoms with Crippen molar-refractivity contribution < 1.29 is 14.3 Å². The van der Waals surface area contributed by atoms with Crippen molar-refractivity contribution in [2.24, 2.45) is 0 Å². The molecule has 1 saturated heterocycles. The van der Waals surface area contributed by atoms with Gasteiger partial charge in [0.25, 0.3) is 5.91 Å². The monoisotopic (exact) mass is 376 g/mol. The molecule has 8 heteroatoms. The minimum atomic E-state index is -0.845. The molecule has 1 fully saturated rings.